The standard InChI is InChI=1S/C29H32N4O3/c1-20-6-8-21(9-7-20)26-31-28(36-19-18-35-5)32-33(26)25-16-14-24(15-17-25)30-27(34)22-10-12-23(13-11-22)29(2,3)4/h6-17H,18-19H2,1-5H3,(H,30,34). The number of benzene rings is 3. The van der Waals surface area contributed by atoms with Crippen LogP contribution in [0.25, 0.3) is 17.1 Å². The van der Waals surface area contributed by atoms with Crippen LogP contribution in [-0.2, 0) is 10.2 Å². The van der Waals surface area contributed by atoms with Crippen LogP contribution in [0.5, 0.6) is 6.01 Å². The van der Waals surface area contributed by atoms with Crippen LogP contribution in [-0.4, -0.2) is 41.0 Å². The lowest BCUT2D eigenvalue weighted by Crippen LogP contribution is -2.14. The summed E-state index contributed by atoms with van der Waals surface area (Å²) in [5.41, 5.74) is 5.41. The molecular weight excluding hydrogens is 452 g/mol. The first-order valence-corrected chi connectivity index (χ1v) is 11.9. The highest BCUT2D eigenvalue weighted by atomic mass is 16.5. The molecule has 4 aromatic rings. The molecule has 0 bridgehead atoms. The first kappa shape index (κ1) is 25.1. The van der Waals surface area contributed by atoms with Crippen molar-refractivity contribution in [1.82, 2.24) is 14.8 Å². The molecule has 0 fully saturated rings. The summed E-state index contributed by atoms with van der Waals surface area (Å²) in [5, 5.41) is 7.52. The van der Waals surface area contributed by atoms with Gasteiger partial charge in [-0.1, -0.05) is 62.7 Å². The van der Waals surface area contributed by atoms with Gasteiger partial charge >= 0.3 is 6.01 Å². The Morgan fingerprint density at radius 1 is 0.917 bits per heavy atom. The number of methoxy groups -OCH3 is 1. The third-order valence-corrected chi connectivity index (χ3v) is 5.80. The molecular formula is C29H32N4O3. The van der Waals surface area contributed by atoms with Gasteiger partial charge in [-0.25, -0.2) is 4.68 Å². The zero-order chi connectivity index (χ0) is 25.7. The van der Waals surface area contributed by atoms with Gasteiger partial charge in [0, 0.05) is 23.9 Å². The Hall–Kier alpha value is -3.97. The molecule has 1 amide bonds. The lowest BCUT2D eigenvalue weighted by Gasteiger charge is -2.19. The molecule has 7 heteroatoms. The maximum absolute atomic E-state index is 12.8. The summed E-state index contributed by atoms with van der Waals surface area (Å²) in [6.07, 6.45) is 0. The largest absolute Gasteiger partial charge is 0.460 e. The Morgan fingerprint density at radius 3 is 2.19 bits per heavy atom. The van der Waals surface area contributed by atoms with E-state index < -0.39 is 0 Å². The Labute approximate surface area is 212 Å². The summed E-state index contributed by atoms with van der Waals surface area (Å²) in [5.74, 6) is 0.510. The van der Waals surface area contributed by atoms with E-state index in [0.717, 1.165) is 16.8 Å². The average molecular weight is 485 g/mol. The summed E-state index contributed by atoms with van der Waals surface area (Å²) < 4.78 is 12.5. The van der Waals surface area contributed by atoms with Gasteiger partial charge < -0.3 is 14.8 Å². The first-order chi connectivity index (χ1) is 17.2. The fourth-order valence-corrected chi connectivity index (χ4v) is 3.65. The van der Waals surface area contributed by atoms with Crippen molar-refractivity contribution in [3.8, 4) is 23.1 Å². The van der Waals surface area contributed by atoms with Gasteiger partial charge in [-0.2, -0.15) is 4.98 Å². The third kappa shape index (κ3) is 5.98. The minimum absolute atomic E-state index is 0.0400. The number of carbonyl (C=O) groups is 1. The number of amides is 1. The van der Waals surface area contributed by atoms with Crippen LogP contribution in [0.4, 0.5) is 5.69 Å². The van der Waals surface area contributed by atoms with Gasteiger partial charge in [-0.05, 0) is 54.3 Å². The monoisotopic (exact) mass is 484 g/mol. The van der Waals surface area contributed by atoms with Crippen molar-refractivity contribution in [1.29, 1.82) is 0 Å². The van der Waals surface area contributed by atoms with E-state index in [1.165, 1.54) is 5.56 Å². The van der Waals surface area contributed by atoms with Crippen molar-refractivity contribution >= 4 is 11.6 Å². The Bertz CT molecular complexity index is 1300. The lowest BCUT2D eigenvalue weighted by atomic mass is 9.87. The van der Waals surface area contributed by atoms with E-state index in [2.05, 4.69) is 36.2 Å². The molecule has 0 saturated carbocycles. The summed E-state index contributed by atoms with van der Waals surface area (Å²) in [6, 6.07) is 23.6. The normalized spacial score (nSPS) is 11.4. The molecule has 0 radical (unpaired) electrons. The van der Waals surface area contributed by atoms with Crippen LogP contribution < -0.4 is 10.1 Å². The molecule has 0 aliphatic carbocycles. The van der Waals surface area contributed by atoms with Crippen LogP contribution in [0, 0.1) is 6.92 Å². The molecule has 186 valence electrons. The number of aromatic nitrogens is 3. The van der Waals surface area contributed by atoms with E-state index in [1.807, 2.05) is 79.7 Å². The SMILES string of the molecule is COCCOc1nc(-c2ccc(C)cc2)n(-c2ccc(NC(=O)c3ccc(C(C)(C)C)cc3)cc2)n1. The number of anilines is 1. The number of aryl methyl sites for hydroxylation is 1. The molecule has 1 N–H and O–H groups in total. The van der Waals surface area contributed by atoms with Crippen LogP contribution in [0.3, 0.4) is 0 Å². The van der Waals surface area contributed by atoms with Crippen LogP contribution in [0.15, 0.2) is 72.8 Å². The minimum atomic E-state index is -0.155. The smallest absolute Gasteiger partial charge is 0.336 e. The maximum Gasteiger partial charge on any atom is 0.336 e. The number of rotatable bonds is 8. The summed E-state index contributed by atoms with van der Waals surface area (Å²) >= 11 is 0. The molecule has 0 atom stereocenters. The highest BCUT2D eigenvalue weighted by Crippen LogP contribution is 2.26. The van der Waals surface area contributed by atoms with Gasteiger partial charge in [0.15, 0.2) is 5.82 Å². The van der Waals surface area contributed by atoms with Gasteiger partial charge in [-0.15, -0.1) is 5.10 Å². The highest BCUT2D eigenvalue weighted by molar-refractivity contribution is 6.04. The van der Waals surface area contributed by atoms with E-state index in [9.17, 15) is 4.79 Å². The zero-order valence-corrected chi connectivity index (χ0v) is 21.4. The number of ether oxygens (including phenoxy) is 2. The number of nitrogens with one attached hydrogen (secondary N) is 1. The van der Waals surface area contributed by atoms with Gasteiger partial charge in [-0.3, -0.25) is 4.79 Å². The second-order valence-electron chi connectivity index (χ2n) is 9.67. The molecule has 1 aromatic heterocycles. The van der Waals surface area contributed by atoms with Gasteiger partial charge in [0.1, 0.15) is 6.61 Å². The first-order valence-electron chi connectivity index (χ1n) is 11.9. The molecule has 3 aromatic carbocycles. The molecule has 0 spiro atoms. The summed E-state index contributed by atoms with van der Waals surface area (Å²) in [4.78, 5) is 17.4. The Balaban J connectivity index is 1.55. The molecule has 1 heterocycles. The third-order valence-electron chi connectivity index (χ3n) is 5.80. The number of hydrogen-bond acceptors (Lipinski definition) is 5. The molecule has 0 unspecified atom stereocenters. The summed E-state index contributed by atoms with van der Waals surface area (Å²) in [7, 11) is 1.62. The topological polar surface area (TPSA) is 78.3 Å². The predicted octanol–water partition coefficient (Wildman–Crippen LogP) is 5.82. The van der Waals surface area contributed by atoms with Crippen molar-refractivity contribution in [2.24, 2.45) is 0 Å². The van der Waals surface area contributed by atoms with Gasteiger partial charge in [0.2, 0.25) is 0 Å². The van der Waals surface area contributed by atoms with Crippen molar-refractivity contribution in [3.05, 3.63) is 89.5 Å². The number of carbonyl (C=O) groups excluding carboxylic acids is 1. The molecule has 0 aliphatic rings. The molecule has 0 aliphatic heterocycles. The second-order valence-corrected chi connectivity index (χ2v) is 9.67. The molecule has 0 saturated heterocycles. The summed E-state index contributed by atoms with van der Waals surface area (Å²) in [6.45, 7) is 9.30. The number of nitrogens with zero attached hydrogens (tertiary/aromatic N) is 3. The fourth-order valence-electron chi connectivity index (χ4n) is 3.65. The predicted molar refractivity (Wildman–Crippen MR) is 142 cm³/mol. The number of hydrogen-bond donors (Lipinski definition) is 1. The van der Waals surface area contributed by atoms with Gasteiger partial charge in [0.05, 0.1) is 12.3 Å². The van der Waals surface area contributed by atoms with Crippen LogP contribution in [0.1, 0.15) is 42.3 Å². The fraction of sp³-hybridized carbons (Fsp3) is 0.276. The van der Waals surface area contributed by atoms with E-state index in [0.29, 0.717) is 30.3 Å². The van der Waals surface area contributed by atoms with Gasteiger partial charge in [0.25, 0.3) is 5.91 Å². The van der Waals surface area contributed by atoms with Crippen molar-refractivity contribution < 1.29 is 14.3 Å². The van der Waals surface area contributed by atoms with Crippen LogP contribution in [0.2, 0.25) is 0 Å². The maximum atomic E-state index is 12.8. The Kier molecular flexibility index (Phi) is 7.50. The quantitative estimate of drug-likeness (QED) is 0.319. The lowest BCUT2D eigenvalue weighted by molar-refractivity contribution is 0.102. The molecule has 4 rings (SSSR count). The van der Waals surface area contributed by atoms with E-state index in [4.69, 9.17) is 9.47 Å². The van der Waals surface area contributed by atoms with Crippen LogP contribution >= 0.6 is 0 Å². The average Bonchev–Trinajstić information content (AvgIpc) is 3.29. The minimum Gasteiger partial charge on any atom is -0.460 e. The highest BCUT2D eigenvalue weighted by Gasteiger charge is 2.16. The molecule has 7 nitrogen and oxygen atoms in total. The van der Waals surface area contributed by atoms with E-state index in [1.54, 1.807) is 11.8 Å². The zero-order valence-electron chi connectivity index (χ0n) is 21.4. The van der Waals surface area contributed by atoms with Crippen molar-refractivity contribution in [3.63, 3.8) is 0 Å². The van der Waals surface area contributed by atoms with Crippen molar-refractivity contribution in [2.45, 2.75) is 33.1 Å². The molecule has 36 heavy (non-hydrogen) atoms. The van der Waals surface area contributed by atoms with Crippen molar-refractivity contribution in [2.75, 3.05) is 25.6 Å². The van der Waals surface area contributed by atoms with E-state index in [-0.39, 0.29) is 17.3 Å². The Morgan fingerprint density at radius 2 is 1.58 bits per heavy atom. The van der Waals surface area contributed by atoms with E-state index >= 15 is 0 Å². The second kappa shape index (κ2) is 10.7.